The smallest absolute Gasteiger partial charge is 0.324 e. The Bertz CT molecular complexity index is 932. The van der Waals surface area contributed by atoms with Crippen molar-refractivity contribution in [1.82, 2.24) is 10.2 Å². The number of aliphatic imine (C=N–C) groups is 1. The van der Waals surface area contributed by atoms with Crippen molar-refractivity contribution < 1.29 is 19.2 Å². The van der Waals surface area contributed by atoms with Gasteiger partial charge in [0.1, 0.15) is 0 Å². The Hall–Kier alpha value is -2.81. The van der Waals surface area contributed by atoms with Gasteiger partial charge in [-0.05, 0) is 24.7 Å². The Kier molecular flexibility index (Phi) is 6.91. The molecule has 8 nitrogen and oxygen atoms in total. The van der Waals surface area contributed by atoms with Crippen LogP contribution in [0, 0.1) is 5.92 Å². The molecule has 1 saturated carbocycles. The molecule has 2 aromatic rings. The number of hydrogen-bond donors (Lipinski definition) is 0. The molecule has 4 rings (SSSR count). The zero-order valence-corrected chi connectivity index (χ0v) is 18.3. The summed E-state index contributed by atoms with van der Waals surface area (Å²) >= 11 is 5.51. The van der Waals surface area contributed by atoms with E-state index in [0.717, 1.165) is 25.7 Å². The molecule has 31 heavy (non-hydrogen) atoms. The summed E-state index contributed by atoms with van der Waals surface area (Å²) in [5, 5.41) is 18.4. The lowest BCUT2D eigenvalue weighted by Gasteiger charge is -2.31. The Labute approximate surface area is 187 Å². The van der Waals surface area contributed by atoms with Crippen molar-refractivity contribution in [3.05, 3.63) is 42.1 Å². The average Bonchev–Trinajstić information content (AvgIpc) is 3.28. The lowest BCUT2D eigenvalue weighted by Crippen LogP contribution is -2.65. The van der Waals surface area contributed by atoms with Crippen LogP contribution in [-0.2, 0) is 0 Å². The lowest BCUT2D eigenvalue weighted by atomic mass is 9.89. The summed E-state index contributed by atoms with van der Waals surface area (Å²) in [6, 6.07) is 9.22. The summed E-state index contributed by atoms with van der Waals surface area (Å²) in [4.78, 5) is 20.8. The molecular weight excluding hydrogens is 414 g/mol. The van der Waals surface area contributed by atoms with E-state index in [1.165, 1.54) is 6.42 Å². The van der Waals surface area contributed by atoms with Gasteiger partial charge in [-0.3, -0.25) is 9.32 Å². The van der Waals surface area contributed by atoms with E-state index in [9.17, 15) is 9.90 Å². The van der Waals surface area contributed by atoms with E-state index in [1.54, 1.807) is 11.0 Å². The first-order valence-electron chi connectivity index (χ1n) is 10.9. The normalized spacial score (nSPS) is 18.3. The van der Waals surface area contributed by atoms with Crippen LogP contribution in [0.2, 0.25) is 0 Å². The van der Waals surface area contributed by atoms with E-state index in [1.807, 2.05) is 35.3 Å². The molecule has 0 spiro atoms. The van der Waals surface area contributed by atoms with Crippen LogP contribution in [0.1, 0.15) is 48.9 Å². The van der Waals surface area contributed by atoms with Gasteiger partial charge in [0.05, 0.1) is 29.3 Å². The van der Waals surface area contributed by atoms with Crippen LogP contribution in [0.5, 0.6) is 0 Å². The molecule has 164 valence electrons. The third-order valence-corrected chi connectivity index (χ3v) is 6.33. The first-order chi connectivity index (χ1) is 15.1. The number of nitrogens with zero attached hydrogens (tertiary/aromatic N) is 5. The van der Waals surface area contributed by atoms with Gasteiger partial charge in [-0.2, -0.15) is 0 Å². The minimum absolute atomic E-state index is 0.00968. The highest BCUT2D eigenvalue weighted by molar-refractivity contribution is 7.80. The molecule has 0 radical (unpaired) electrons. The lowest BCUT2D eigenvalue weighted by molar-refractivity contribution is -0.759. The molecule has 2 fully saturated rings. The Balaban J connectivity index is 1.29. The van der Waals surface area contributed by atoms with Gasteiger partial charge >= 0.3 is 5.88 Å². The first-order valence-corrected chi connectivity index (χ1v) is 11.3. The highest BCUT2D eigenvalue weighted by atomic mass is 32.1. The molecule has 0 amide bonds. The van der Waals surface area contributed by atoms with Gasteiger partial charge in [-0.25, -0.2) is 4.99 Å². The first kappa shape index (κ1) is 21.4. The number of benzene rings is 1. The summed E-state index contributed by atoms with van der Waals surface area (Å²) in [5.41, 5.74) is 0.681. The van der Waals surface area contributed by atoms with Gasteiger partial charge in [0.15, 0.2) is 5.78 Å². The molecule has 1 saturated heterocycles. The maximum Gasteiger partial charge on any atom is 0.324 e. The van der Waals surface area contributed by atoms with Gasteiger partial charge in [-0.1, -0.05) is 61.8 Å². The van der Waals surface area contributed by atoms with Crippen molar-refractivity contribution in [2.75, 3.05) is 31.2 Å². The largest absolute Gasteiger partial charge is 0.861 e. The van der Waals surface area contributed by atoms with Crippen molar-refractivity contribution in [2.45, 2.75) is 38.5 Å². The predicted molar refractivity (Wildman–Crippen MR) is 118 cm³/mol. The van der Waals surface area contributed by atoms with Gasteiger partial charge in [0, 0.05) is 18.7 Å². The van der Waals surface area contributed by atoms with E-state index >= 15 is 0 Å². The highest BCUT2D eigenvalue weighted by Gasteiger charge is 2.27. The monoisotopic (exact) mass is 441 g/mol. The zero-order chi connectivity index (χ0) is 21.6. The summed E-state index contributed by atoms with van der Waals surface area (Å²) in [7, 11) is 0. The fourth-order valence-electron chi connectivity index (χ4n) is 4.09. The highest BCUT2D eigenvalue weighted by Crippen LogP contribution is 2.24. The SMILES string of the molecule is O=C(CC(=S)N1CCN([n+]2cc(N=C([O-])C3CCCCC3)on2)CC1)c1ccccc1. The van der Waals surface area contributed by atoms with Gasteiger partial charge in [0.2, 0.25) is 5.27 Å². The molecule has 0 unspecified atom stereocenters. The average molecular weight is 442 g/mol. The van der Waals surface area contributed by atoms with E-state index < -0.39 is 0 Å². The standard InChI is InChI=1S/C22H27N5O3S/c28-19(17-7-3-1-4-8-17)15-21(31)25-11-13-26(14-12-25)27-16-20(30-24-27)23-22(29)18-9-5-2-6-10-18/h1,3-4,7-8,16,18H,2,5-6,9-15H2. The second-order valence-electron chi connectivity index (χ2n) is 8.05. The van der Waals surface area contributed by atoms with Crippen LogP contribution in [0.3, 0.4) is 0 Å². The van der Waals surface area contributed by atoms with Crippen molar-refractivity contribution in [1.29, 1.82) is 0 Å². The number of Topliss-reactive ketones (excluding diaryl/α,β-unsaturated/α-hetero) is 1. The summed E-state index contributed by atoms with van der Waals surface area (Å²) in [6.07, 6.45) is 7.07. The maximum atomic E-state index is 12.4. The molecular formula is C22H27N5O3S. The zero-order valence-electron chi connectivity index (χ0n) is 17.5. The second kappa shape index (κ2) is 10.00. The van der Waals surface area contributed by atoms with Crippen molar-refractivity contribution in [3.8, 4) is 0 Å². The van der Waals surface area contributed by atoms with Gasteiger partial charge in [0.25, 0.3) is 6.20 Å². The number of thiocarbonyl (C=S) groups is 1. The summed E-state index contributed by atoms with van der Waals surface area (Å²) in [6.45, 7) is 2.72. The Morgan fingerprint density at radius 3 is 2.58 bits per heavy atom. The molecule has 0 bridgehead atoms. The van der Waals surface area contributed by atoms with E-state index in [2.05, 4.69) is 15.2 Å². The molecule has 2 aliphatic rings. The van der Waals surface area contributed by atoms with Crippen molar-refractivity contribution in [3.63, 3.8) is 0 Å². The molecule has 0 N–H and O–H groups in total. The summed E-state index contributed by atoms with van der Waals surface area (Å²) < 4.78 is 5.26. The molecule has 1 aliphatic heterocycles. The number of carbonyl (C=O) groups is 1. The predicted octanol–water partition coefficient (Wildman–Crippen LogP) is 1.79. The fourth-order valence-corrected chi connectivity index (χ4v) is 4.40. The van der Waals surface area contributed by atoms with Crippen LogP contribution in [0.4, 0.5) is 5.88 Å². The number of piperazine rings is 1. The van der Waals surface area contributed by atoms with Crippen LogP contribution in [-0.4, -0.2) is 53.0 Å². The Morgan fingerprint density at radius 2 is 1.87 bits per heavy atom. The van der Waals surface area contributed by atoms with E-state index in [-0.39, 0.29) is 29.9 Å². The number of aromatic nitrogens is 2. The third-order valence-electron chi connectivity index (χ3n) is 5.92. The van der Waals surface area contributed by atoms with Crippen LogP contribution >= 0.6 is 12.2 Å². The second-order valence-corrected chi connectivity index (χ2v) is 8.52. The number of carbonyl (C=O) groups excluding carboxylic acids is 1. The number of rotatable bonds is 6. The summed E-state index contributed by atoms with van der Waals surface area (Å²) in [5.74, 6) is 0.173. The maximum absolute atomic E-state index is 12.4. The quantitative estimate of drug-likeness (QED) is 0.222. The van der Waals surface area contributed by atoms with Crippen LogP contribution in [0.15, 0.2) is 46.0 Å². The van der Waals surface area contributed by atoms with E-state index in [4.69, 9.17) is 16.7 Å². The third kappa shape index (κ3) is 5.46. The number of hydrogen-bond acceptors (Lipinski definition) is 7. The molecule has 9 heteroatoms. The van der Waals surface area contributed by atoms with E-state index in [0.29, 0.717) is 36.7 Å². The number of ketones is 1. The molecule has 0 atom stereocenters. The van der Waals surface area contributed by atoms with Crippen molar-refractivity contribution in [2.24, 2.45) is 10.9 Å². The van der Waals surface area contributed by atoms with Gasteiger partial charge in [-0.15, -0.1) is 5.01 Å². The Morgan fingerprint density at radius 1 is 1.16 bits per heavy atom. The fraction of sp³-hybridized carbons (Fsp3) is 0.500. The minimum atomic E-state index is -0.110. The molecule has 2 heterocycles. The molecule has 1 aromatic carbocycles. The van der Waals surface area contributed by atoms with Crippen LogP contribution < -0.4 is 14.9 Å². The van der Waals surface area contributed by atoms with Gasteiger partial charge < -0.3 is 10.0 Å². The van der Waals surface area contributed by atoms with Crippen LogP contribution in [0.25, 0.3) is 0 Å². The molecule has 1 aromatic heterocycles. The topological polar surface area (TPSA) is 88.9 Å². The van der Waals surface area contributed by atoms with Crippen molar-refractivity contribution >= 4 is 34.8 Å². The minimum Gasteiger partial charge on any atom is -0.861 e. The molecule has 1 aliphatic carbocycles.